The van der Waals surface area contributed by atoms with Crippen molar-refractivity contribution in [3.63, 3.8) is 0 Å². The zero-order valence-electron chi connectivity index (χ0n) is 11.5. The molecule has 0 spiro atoms. The first-order valence-electron chi connectivity index (χ1n) is 6.25. The van der Waals surface area contributed by atoms with Gasteiger partial charge in [0.15, 0.2) is 0 Å². The van der Waals surface area contributed by atoms with Gasteiger partial charge in [-0.3, -0.25) is 4.79 Å². The summed E-state index contributed by atoms with van der Waals surface area (Å²) >= 11 is 9.30. The number of nitrogens with one attached hydrogen (secondary N) is 1. The average Bonchev–Trinajstić information content (AvgIpc) is 2.31. The number of carbonyl (C=O) groups is 1. The van der Waals surface area contributed by atoms with E-state index in [-0.39, 0.29) is 5.91 Å². The molecule has 1 aromatic carbocycles. The van der Waals surface area contributed by atoms with Crippen LogP contribution in [0.2, 0.25) is 5.02 Å². The fraction of sp³-hybridized carbons (Fsp3) is 0.500. The van der Waals surface area contributed by atoms with E-state index in [0.29, 0.717) is 23.0 Å². The molecule has 0 aliphatic carbocycles. The number of amides is 1. The maximum Gasteiger partial charge on any atom is 0.251 e. The molecule has 3 nitrogen and oxygen atoms in total. The van der Waals surface area contributed by atoms with E-state index < -0.39 is 5.54 Å². The smallest absolute Gasteiger partial charge is 0.251 e. The Morgan fingerprint density at radius 2 is 2.16 bits per heavy atom. The maximum atomic E-state index is 12.2. The molecule has 0 saturated carbocycles. The SMILES string of the molecule is CC(C)CC(C)(CN)NC(=O)c1ccc(Br)c(Cl)c1. The lowest BCUT2D eigenvalue weighted by Gasteiger charge is -2.31. The summed E-state index contributed by atoms with van der Waals surface area (Å²) in [6.45, 7) is 6.58. The Labute approximate surface area is 128 Å². The maximum absolute atomic E-state index is 12.2. The average molecular weight is 348 g/mol. The summed E-state index contributed by atoms with van der Waals surface area (Å²) in [6.07, 6.45) is 0.833. The lowest BCUT2D eigenvalue weighted by Crippen LogP contribution is -2.52. The van der Waals surface area contributed by atoms with Crippen LogP contribution in [-0.4, -0.2) is 18.0 Å². The number of rotatable bonds is 5. The molecule has 1 aromatic rings. The van der Waals surface area contributed by atoms with Crippen LogP contribution in [0.5, 0.6) is 0 Å². The molecule has 1 unspecified atom stereocenters. The van der Waals surface area contributed by atoms with E-state index in [1.165, 1.54) is 0 Å². The lowest BCUT2D eigenvalue weighted by molar-refractivity contribution is 0.0898. The first-order chi connectivity index (χ1) is 8.77. The molecule has 19 heavy (non-hydrogen) atoms. The fourth-order valence-corrected chi connectivity index (χ4v) is 2.50. The van der Waals surface area contributed by atoms with E-state index in [9.17, 15) is 4.79 Å². The first-order valence-corrected chi connectivity index (χ1v) is 7.42. The monoisotopic (exact) mass is 346 g/mol. The highest BCUT2D eigenvalue weighted by atomic mass is 79.9. The van der Waals surface area contributed by atoms with Crippen LogP contribution >= 0.6 is 27.5 Å². The Kier molecular flexibility index (Phi) is 5.83. The topological polar surface area (TPSA) is 55.1 Å². The summed E-state index contributed by atoms with van der Waals surface area (Å²) in [6, 6.07) is 5.14. The van der Waals surface area contributed by atoms with Gasteiger partial charge in [0.25, 0.3) is 5.91 Å². The molecule has 1 amide bonds. The summed E-state index contributed by atoms with van der Waals surface area (Å²) in [5.74, 6) is 0.311. The summed E-state index contributed by atoms with van der Waals surface area (Å²) < 4.78 is 0.773. The van der Waals surface area contributed by atoms with E-state index in [2.05, 4.69) is 35.1 Å². The van der Waals surface area contributed by atoms with Crippen LogP contribution < -0.4 is 11.1 Å². The van der Waals surface area contributed by atoms with Crippen LogP contribution in [0.3, 0.4) is 0 Å². The predicted octanol–water partition coefficient (Wildman–Crippen LogP) is 3.60. The van der Waals surface area contributed by atoms with Crippen molar-refractivity contribution in [3.8, 4) is 0 Å². The van der Waals surface area contributed by atoms with Gasteiger partial charge in [-0.05, 0) is 53.4 Å². The zero-order chi connectivity index (χ0) is 14.6. The van der Waals surface area contributed by atoms with Crippen LogP contribution in [0.1, 0.15) is 37.6 Å². The summed E-state index contributed by atoms with van der Waals surface area (Å²) in [4.78, 5) is 12.2. The van der Waals surface area contributed by atoms with Crippen molar-refractivity contribution in [2.75, 3.05) is 6.54 Å². The molecular weight excluding hydrogens is 328 g/mol. The van der Waals surface area contributed by atoms with Gasteiger partial charge >= 0.3 is 0 Å². The highest BCUT2D eigenvalue weighted by Crippen LogP contribution is 2.24. The standard InChI is InChI=1S/C14H20BrClN2O/c1-9(2)7-14(3,8-17)18-13(19)10-4-5-11(15)12(16)6-10/h4-6,9H,7-8,17H2,1-3H3,(H,18,19). The van der Waals surface area contributed by atoms with Gasteiger partial charge in [0.1, 0.15) is 0 Å². The number of hydrogen-bond donors (Lipinski definition) is 2. The van der Waals surface area contributed by atoms with Gasteiger partial charge in [-0.1, -0.05) is 25.4 Å². The van der Waals surface area contributed by atoms with Gasteiger partial charge in [-0.25, -0.2) is 0 Å². The second-order valence-corrected chi connectivity index (χ2v) is 6.71. The zero-order valence-corrected chi connectivity index (χ0v) is 13.8. The van der Waals surface area contributed by atoms with E-state index >= 15 is 0 Å². The molecule has 1 rings (SSSR count). The van der Waals surface area contributed by atoms with E-state index in [1.807, 2.05) is 6.92 Å². The molecule has 3 N–H and O–H groups in total. The molecule has 0 heterocycles. The van der Waals surface area contributed by atoms with Crippen molar-refractivity contribution >= 4 is 33.4 Å². The lowest BCUT2D eigenvalue weighted by atomic mass is 9.90. The highest BCUT2D eigenvalue weighted by molar-refractivity contribution is 9.10. The van der Waals surface area contributed by atoms with Crippen LogP contribution in [-0.2, 0) is 0 Å². The third kappa shape index (κ3) is 4.79. The van der Waals surface area contributed by atoms with Crippen molar-refractivity contribution in [1.82, 2.24) is 5.32 Å². The summed E-state index contributed by atoms with van der Waals surface area (Å²) in [5, 5.41) is 3.52. The van der Waals surface area contributed by atoms with Gasteiger partial charge in [-0.15, -0.1) is 0 Å². The van der Waals surface area contributed by atoms with Crippen molar-refractivity contribution in [2.24, 2.45) is 11.7 Å². The van der Waals surface area contributed by atoms with Gasteiger partial charge < -0.3 is 11.1 Å². The second-order valence-electron chi connectivity index (χ2n) is 5.45. The van der Waals surface area contributed by atoms with E-state index in [0.717, 1.165) is 10.9 Å². The molecule has 0 aliphatic rings. The number of benzene rings is 1. The highest BCUT2D eigenvalue weighted by Gasteiger charge is 2.26. The molecule has 1 atom stereocenters. The number of nitrogens with two attached hydrogens (primary N) is 1. The predicted molar refractivity (Wildman–Crippen MR) is 83.5 cm³/mol. The molecule has 0 bridgehead atoms. The minimum absolute atomic E-state index is 0.150. The Bertz CT molecular complexity index is 465. The van der Waals surface area contributed by atoms with Gasteiger partial charge in [0, 0.05) is 22.1 Å². The molecule has 0 saturated heterocycles. The third-order valence-electron chi connectivity index (χ3n) is 2.91. The van der Waals surface area contributed by atoms with Crippen molar-refractivity contribution in [1.29, 1.82) is 0 Å². The first kappa shape index (κ1) is 16.5. The molecule has 0 aromatic heterocycles. The number of halogens is 2. The molecule has 0 fully saturated rings. The number of carbonyl (C=O) groups excluding carboxylic acids is 1. The molecule has 106 valence electrons. The van der Waals surface area contributed by atoms with Crippen LogP contribution in [0, 0.1) is 5.92 Å². The Morgan fingerprint density at radius 3 is 2.63 bits per heavy atom. The van der Waals surface area contributed by atoms with E-state index in [4.69, 9.17) is 17.3 Å². The van der Waals surface area contributed by atoms with Gasteiger partial charge in [0.2, 0.25) is 0 Å². The number of hydrogen-bond acceptors (Lipinski definition) is 2. The van der Waals surface area contributed by atoms with Crippen molar-refractivity contribution in [2.45, 2.75) is 32.7 Å². The molecule has 0 radical (unpaired) electrons. The largest absolute Gasteiger partial charge is 0.346 e. The third-order valence-corrected chi connectivity index (χ3v) is 4.14. The van der Waals surface area contributed by atoms with Crippen LogP contribution in [0.25, 0.3) is 0 Å². The minimum Gasteiger partial charge on any atom is -0.346 e. The normalized spacial score (nSPS) is 14.3. The van der Waals surface area contributed by atoms with Gasteiger partial charge in [-0.2, -0.15) is 0 Å². The Morgan fingerprint density at radius 1 is 1.53 bits per heavy atom. The second kappa shape index (κ2) is 6.73. The summed E-state index contributed by atoms with van der Waals surface area (Å²) in [5.41, 5.74) is 5.93. The Balaban J connectivity index is 2.85. The quantitative estimate of drug-likeness (QED) is 0.855. The fourth-order valence-electron chi connectivity index (χ4n) is 2.07. The Hall–Kier alpha value is -0.580. The van der Waals surface area contributed by atoms with Crippen molar-refractivity contribution < 1.29 is 4.79 Å². The van der Waals surface area contributed by atoms with Crippen LogP contribution in [0.4, 0.5) is 0 Å². The van der Waals surface area contributed by atoms with Crippen LogP contribution in [0.15, 0.2) is 22.7 Å². The van der Waals surface area contributed by atoms with E-state index in [1.54, 1.807) is 18.2 Å². The molecule has 0 aliphatic heterocycles. The molecule has 5 heteroatoms. The van der Waals surface area contributed by atoms with Gasteiger partial charge in [0.05, 0.1) is 5.02 Å². The minimum atomic E-state index is -0.398. The van der Waals surface area contributed by atoms with Crippen molar-refractivity contribution in [3.05, 3.63) is 33.3 Å². The molecular formula is C14H20BrClN2O. The summed E-state index contributed by atoms with van der Waals surface area (Å²) in [7, 11) is 0.